The van der Waals surface area contributed by atoms with Crippen LogP contribution in [0.1, 0.15) is 68.6 Å². The molecule has 1 atom stereocenters. The summed E-state index contributed by atoms with van der Waals surface area (Å²) in [6.45, 7) is 5.80. The fraction of sp³-hybridized carbons (Fsp3) is 0.632. The summed E-state index contributed by atoms with van der Waals surface area (Å²) in [5.74, 6) is 0.604. The summed E-state index contributed by atoms with van der Waals surface area (Å²) in [6.07, 6.45) is 8.11. The van der Waals surface area contributed by atoms with Crippen molar-refractivity contribution < 1.29 is 4.79 Å². The predicted molar refractivity (Wildman–Crippen MR) is 92.4 cm³/mol. The monoisotopic (exact) mass is 302 g/mol. The molecule has 0 unspecified atom stereocenters. The van der Waals surface area contributed by atoms with Crippen LogP contribution in [0.15, 0.2) is 18.2 Å². The van der Waals surface area contributed by atoms with Crippen molar-refractivity contribution in [1.82, 2.24) is 10.6 Å². The molecule has 2 N–H and O–H groups in total. The molecule has 1 aliphatic carbocycles. The van der Waals surface area contributed by atoms with Gasteiger partial charge in [0.25, 0.3) is 0 Å². The predicted octanol–water partition coefficient (Wildman–Crippen LogP) is 4.16. The van der Waals surface area contributed by atoms with Crippen molar-refractivity contribution in [2.45, 2.75) is 64.7 Å². The topological polar surface area (TPSA) is 41.1 Å². The van der Waals surface area contributed by atoms with Gasteiger partial charge in [0.15, 0.2) is 0 Å². The number of hydrogen-bond acceptors (Lipinski definition) is 1. The van der Waals surface area contributed by atoms with Crippen molar-refractivity contribution in [2.75, 3.05) is 13.1 Å². The van der Waals surface area contributed by atoms with E-state index in [1.807, 2.05) is 0 Å². The molecule has 1 aromatic rings. The van der Waals surface area contributed by atoms with E-state index in [2.05, 4.69) is 42.7 Å². The molecule has 0 saturated heterocycles. The Morgan fingerprint density at radius 3 is 2.77 bits per heavy atom. The lowest BCUT2D eigenvalue weighted by atomic mass is 9.80. The van der Waals surface area contributed by atoms with Gasteiger partial charge in [-0.1, -0.05) is 38.5 Å². The minimum absolute atomic E-state index is 0.0300. The minimum Gasteiger partial charge on any atom is -0.338 e. The number of carbonyl (C=O) groups excluding carboxylic acids is 1. The molecular weight excluding hydrogens is 272 g/mol. The Bertz CT molecular complexity index is 484. The number of amides is 2. The SMILES string of the molecule is CCCNC(=O)NCC[C@H]1CCCc2ccc(CCC)cc21. The van der Waals surface area contributed by atoms with E-state index >= 15 is 0 Å². The van der Waals surface area contributed by atoms with Crippen molar-refractivity contribution in [2.24, 2.45) is 0 Å². The molecule has 22 heavy (non-hydrogen) atoms. The summed E-state index contributed by atoms with van der Waals surface area (Å²) in [7, 11) is 0. The molecule has 1 aliphatic rings. The fourth-order valence-corrected chi connectivity index (χ4v) is 3.35. The molecule has 0 radical (unpaired) electrons. The lowest BCUT2D eigenvalue weighted by Crippen LogP contribution is -2.36. The van der Waals surface area contributed by atoms with E-state index in [0.29, 0.717) is 5.92 Å². The lowest BCUT2D eigenvalue weighted by Gasteiger charge is -2.26. The van der Waals surface area contributed by atoms with Gasteiger partial charge in [-0.05, 0) is 61.1 Å². The Labute approximate surface area is 134 Å². The molecule has 3 nitrogen and oxygen atoms in total. The number of nitrogens with one attached hydrogen (secondary N) is 2. The number of carbonyl (C=O) groups is 1. The highest BCUT2D eigenvalue weighted by molar-refractivity contribution is 5.73. The average Bonchev–Trinajstić information content (AvgIpc) is 2.53. The summed E-state index contributed by atoms with van der Waals surface area (Å²) in [6, 6.07) is 7.01. The van der Waals surface area contributed by atoms with Gasteiger partial charge in [0.2, 0.25) is 0 Å². The standard InChI is InChI=1S/C19H30N2O/c1-3-6-15-9-10-16-7-5-8-17(18(16)14-15)11-13-21-19(22)20-12-4-2/h9-10,14,17H,3-8,11-13H2,1-2H3,(H2,20,21,22)/t17-/m1/s1. The van der Waals surface area contributed by atoms with Crippen LogP contribution in [0.5, 0.6) is 0 Å². The lowest BCUT2D eigenvalue weighted by molar-refractivity contribution is 0.240. The van der Waals surface area contributed by atoms with Crippen molar-refractivity contribution in [3.8, 4) is 0 Å². The van der Waals surface area contributed by atoms with Gasteiger partial charge in [-0.25, -0.2) is 4.79 Å². The number of urea groups is 1. The zero-order valence-corrected chi connectivity index (χ0v) is 14.1. The first-order valence-electron chi connectivity index (χ1n) is 8.88. The van der Waals surface area contributed by atoms with Crippen molar-refractivity contribution in [3.63, 3.8) is 0 Å². The van der Waals surface area contributed by atoms with Crippen LogP contribution in [-0.2, 0) is 12.8 Å². The van der Waals surface area contributed by atoms with E-state index in [-0.39, 0.29) is 6.03 Å². The molecule has 0 aliphatic heterocycles. The van der Waals surface area contributed by atoms with Gasteiger partial charge in [0.05, 0.1) is 0 Å². The van der Waals surface area contributed by atoms with Crippen molar-refractivity contribution in [1.29, 1.82) is 0 Å². The van der Waals surface area contributed by atoms with Crippen LogP contribution >= 0.6 is 0 Å². The number of rotatable bonds is 7. The maximum Gasteiger partial charge on any atom is 0.314 e. The normalized spacial score (nSPS) is 16.9. The van der Waals surface area contributed by atoms with Crippen LogP contribution in [0.2, 0.25) is 0 Å². The van der Waals surface area contributed by atoms with Gasteiger partial charge < -0.3 is 10.6 Å². The van der Waals surface area contributed by atoms with Crippen LogP contribution in [0.4, 0.5) is 4.79 Å². The number of hydrogen-bond donors (Lipinski definition) is 2. The Kier molecular flexibility index (Phi) is 6.75. The van der Waals surface area contributed by atoms with Crippen LogP contribution in [-0.4, -0.2) is 19.1 Å². The third-order valence-corrected chi connectivity index (χ3v) is 4.50. The highest BCUT2D eigenvalue weighted by Gasteiger charge is 2.20. The second kappa shape index (κ2) is 8.82. The van der Waals surface area contributed by atoms with Crippen LogP contribution in [0, 0.1) is 0 Å². The molecule has 2 amide bonds. The number of benzene rings is 1. The molecule has 0 fully saturated rings. The van der Waals surface area contributed by atoms with E-state index in [1.54, 1.807) is 0 Å². The zero-order valence-electron chi connectivity index (χ0n) is 14.1. The minimum atomic E-state index is -0.0300. The Balaban J connectivity index is 1.90. The highest BCUT2D eigenvalue weighted by Crippen LogP contribution is 2.34. The molecule has 0 bridgehead atoms. The smallest absolute Gasteiger partial charge is 0.314 e. The maximum atomic E-state index is 11.6. The van der Waals surface area contributed by atoms with E-state index in [4.69, 9.17) is 0 Å². The fourth-order valence-electron chi connectivity index (χ4n) is 3.35. The highest BCUT2D eigenvalue weighted by atomic mass is 16.2. The average molecular weight is 302 g/mol. The van der Waals surface area contributed by atoms with Gasteiger partial charge in [-0.15, -0.1) is 0 Å². The van der Waals surface area contributed by atoms with Crippen LogP contribution in [0.3, 0.4) is 0 Å². The molecular formula is C19H30N2O. The first kappa shape index (κ1) is 16.9. The third kappa shape index (κ3) is 4.75. The summed E-state index contributed by atoms with van der Waals surface area (Å²) >= 11 is 0. The van der Waals surface area contributed by atoms with Crippen LogP contribution in [0.25, 0.3) is 0 Å². The molecule has 0 aromatic heterocycles. The molecule has 0 heterocycles. The maximum absolute atomic E-state index is 11.6. The molecule has 122 valence electrons. The molecule has 0 spiro atoms. The van der Waals surface area contributed by atoms with E-state index in [0.717, 1.165) is 32.4 Å². The summed E-state index contributed by atoms with van der Waals surface area (Å²) in [5.41, 5.74) is 4.52. The Hall–Kier alpha value is -1.51. The van der Waals surface area contributed by atoms with Gasteiger partial charge in [0.1, 0.15) is 0 Å². The number of aryl methyl sites for hydroxylation is 2. The largest absolute Gasteiger partial charge is 0.338 e. The van der Waals surface area contributed by atoms with E-state index in [1.165, 1.54) is 42.4 Å². The summed E-state index contributed by atoms with van der Waals surface area (Å²) < 4.78 is 0. The Morgan fingerprint density at radius 2 is 2.00 bits per heavy atom. The van der Waals surface area contributed by atoms with Gasteiger partial charge in [-0.3, -0.25) is 0 Å². The zero-order chi connectivity index (χ0) is 15.8. The first-order valence-corrected chi connectivity index (χ1v) is 8.88. The van der Waals surface area contributed by atoms with Gasteiger partial charge in [0, 0.05) is 13.1 Å². The third-order valence-electron chi connectivity index (χ3n) is 4.50. The van der Waals surface area contributed by atoms with E-state index in [9.17, 15) is 4.79 Å². The second-order valence-electron chi connectivity index (χ2n) is 6.34. The van der Waals surface area contributed by atoms with Crippen LogP contribution < -0.4 is 10.6 Å². The second-order valence-corrected chi connectivity index (χ2v) is 6.34. The van der Waals surface area contributed by atoms with Gasteiger partial charge in [-0.2, -0.15) is 0 Å². The summed E-state index contributed by atoms with van der Waals surface area (Å²) in [4.78, 5) is 11.6. The molecule has 0 saturated carbocycles. The molecule has 3 heteroatoms. The number of fused-ring (bicyclic) bond motifs is 1. The quantitative estimate of drug-likeness (QED) is 0.780. The van der Waals surface area contributed by atoms with Crippen molar-refractivity contribution >= 4 is 6.03 Å². The van der Waals surface area contributed by atoms with Crippen molar-refractivity contribution in [3.05, 3.63) is 34.9 Å². The van der Waals surface area contributed by atoms with Gasteiger partial charge >= 0.3 is 6.03 Å². The molecule has 1 aromatic carbocycles. The summed E-state index contributed by atoms with van der Waals surface area (Å²) in [5, 5.41) is 5.85. The van der Waals surface area contributed by atoms with E-state index < -0.39 is 0 Å². The first-order chi connectivity index (χ1) is 10.7. The Morgan fingerprint density at radius 1 is 1.18 bits per heavy atom. The molecule has 2 rings (SSSR count).